The highest BCUT2D eigenvalue weighted by molar-refractivity contribution is 8.00. The zero-order valence-electron chi connectivity index (χ0n) is 14.2. The highest BCUT2D eigenvalue weighted by Crippen LogP contribution is 2.23. The Morgan fingerprint density at radius 3 is 2.69 bits per heavy atom. The quantitative estimate of drug-likeness (QED) is 0.428. The highest BCUT2D eigenvalue weighted by Gasteiger charge is 2.20. The number of rotatable bonds is 6. The molecule has 26 heavy (non-hydrogen) atoms. The molecule has 1 aromatic heterocycles. The van der Waals surface area contributed by atoms with Gasteiger partial charge in [0.05, 0.1) is 29.7 Å². The second kappa shape index (κ2) is 8.48. The Labute approximate surface area is 152 Å². The number of hydrogen-bond acceptors (Lipinski definition) is 7. The van der Waals surface area contributed by atoms with Gasteiger partial charge in [-0.3, -0.25) is 24.3 Å². The second-order valence-electron chi connectivity index (χ2n) is 5.31. The number of methoxy groups -OCH3 is 1. The lowest BCUT2D eigenvalue weighted by molar-refractivity contribution is -0.140. The van der Waals surface area contributed by atoms with Crippen molar-refractivity contribution in [1.29, 1.82) is 0 Å². The van der Waals surface area contributed by atoms with E-state index in [0.29, 0.717) is 10.9 Å². The summed E-state index contributed by atoms with van der Waals surface area (Å²) in [6, 6.07) is 5.81. The van der Waals surface area contributed by atoms with Crippen LogP contribution in [0.5, 0.6) is 0 Å². The fourth-order valence-corrected chi connectivity index (χ4v) is 3.11. The Bertz CT molecular complexity index is 911. The lowest BCUT2D eigenvalue weighted by atomic mass is 10.2. The van der Waals surface area contributed by atoms with E-state index in [0.717, 1.165) is 11.8 Å². The molecule has 1 heterocycles. The smallest absolute Gasteiger partial charge is 0.318 e. The Kier molecular flexibility index (Phi) is 6.34. The van der Waals surface area contributed by atoms with Gasteiger partial charge in [-0.2, -0.15) is 0 Å². The van der Waals surface area contributed by atoms with Crippen LogP contribution < -0.4 is 16.6 Å². The van der Waals surface area contributed by atoms with Crippen LogP contribution in [0.3, 0.4) is 0 Å². The zero-order valence-corrected chi connectivity index (χ0v) is 15.0. The van der Waals surface area contributed by atoms with Gasteiger partial charge in [0.25, 0.3) is 5.56 Å². The lowest BCUT2D eigenvalue weighted by Crippen LogP contribution is -2.39. The SMILES string of the molecule is COC(=O)CCn1c(S[C@@H](C)C(=O)NC(N)=O)nc2ccccc2c1=O. The van der Waals surface area contributed by atoms with Crippen LogP contribution in [0.4, 0.5) is 4.79 Å². The Morgan fingerprint density at radius 1 is 1.35 bits per heavy atom. The Balaban J connectivity index is 2.41. The predicted octanol–water partition coefficient (Wildman–Crippen LogP) is 0.635. The van der Waals surface area contributed by atoms with Crippen molar-refractivity contribution in [3.63, 3.8) is 0 Å². The number of ether oxygens (including phenoxy) is 1. The first-order chi connectivity index (χ1) is 12.3. The van der Waals surface area contributed by atoms with Crippen LogP contribution in [-0.2, 0) is 20.9 Å². The topological polar surface area (TPSA) is 133 Å². The molecule has 0 aliphatic rings. The number of amides is 3. The highest BCUT2D eigenvalue weighted by atomic mass is 32.2. The summed E-state index contributed by atoms with van der Waals surface area (Å²) < 4.78 is 5.92. The van der Waals surface area contributed by atoms with Gasteiger partial charge in [0, 0.05) is 6.54 Å². The molecule has 1 atom stereocenters. The molecule has 0 bridgehead atoms. The van der Waals surface area contributed by atoms with Gasteiger partial charge in [-0.25, -0.2) is 9.78 Å². The molecule has 0 spiro atoms. The molecule has 3 N–H and O–H groups in total. The third kappa shape index (κ3) is 4.60. The number of nitrogens with two attached hydrogens (primary N) is 1. The van der Waals surface area contributed by atoms with Crippen LogP contribution in [0.15, 0.2) is 34.2 Å². The average Bonchev–Trinajstić information content (AvgIpc) is 2.60. The van der Waals surface area contributed by atoms with E-state index in [9.17, 15) is 19.2 Å². The van der Waals surface area contributed by atoms with Gasteiger partial charge in [-0.15, -0.1) is 0 Å². The summed E-state index contributed by atoms with van der Waals surface area (Å²) in [5, 5.41) is 1.90. The van der Waals surface area contributed by atoms with Crippen molar-refractivity contribution in [2.45, 2.75) is 30.3 Å². The summed E-state index contributed by atoms with van der Waals surface area (Å²) in [5.41, 5.74) is 5.09. The lowest BCUT2D eigenvalue weighted by Gasteiger charge is -2.15. The summed E-state index contributed by atoms with van der Waals surface area (Å²) in [4.78, 5) is 51.4. The molecule has 0 aliphatic carbocycles. The molecular formula is C16H18N4O5S. The molecule has 9 nitrogen and oxygen atoms in total. The fraction of sp³-hybridized carbons (Fsp3) is 0.312. The van der Waals surface area contributed by atoms with E-state index < -0.39 is 23.2 Å². The molecule has 0 saturated carbocycles. The molecule has 0 unspecified atom stereocenters. The number of urea groups is 1. The van der Waals surface area contributed by atoms with E-state index in [4.69, 9.17) is 5.73 Å². The van der Waals surface area contributed by atoms with Gasteiger partial charge < -0.3 is 10.5 Å². The third-order valence-corrected chi connectivity index (χ3v) is 4.58. The monoisotopic (exact) mass is 378 g/mol. The van der Waals surface area contributed by atoms with Gasteiger partial charge in [0.1, 0.15) is 0 Å². The van der Waals surface area contributed by atoms with Crippen molar-refractivity contribution in [3.8, 4) is 0 Å². The Morgan fingerprint density at radius 2 is 2.04 bits per heavy atom. The van der Waals surface area contributed by atoms with E-state index in [2.05, 4.69) is 9.72 Å². The number of carbonyl (C=O) groups excluding carboxylic acids is 3. The maximum Gasteiger partial charge on any atom is 0.318 e. The van der Waals surface area contributed by atoms with Crippen molar-refractivity contribution in [1.82, 2.24) is 14.9 Å². The number of hydrogen-bond donors (Lipinski definition) is 2. The second-order valence-corrected chi connectivity index (χ2v) is 6.62. The summed E-state index contributed by atoms with van der Waals surface area (Å²) >= 11 is 0.988. The molecule has 0 aliphatic heterocycles. The minimum Gasteiger partial charge on any atom is -0.469 e. The van der Waals surface area contributed by atoms with Crippen LogP contribution >= 0.6 is 11.8 Å². The minimum atomic E-state index is -0.961. The van der Waals surface area contributed by atoms with Gasteiger partial charge in [0.15, 0.2) is 5.16 Å². The number of imide groups is 1. The fourth-order valence-electron chi connectivity index (χ4n) is 2.17. The number of para-hydroxylation sites is 1. The first kappa shape index (κ1) is 19.4. The van der Waals surface area contributed by atoms with Crippen LogP contribution in [0.25, 0.3) is 10.9 Å². The van der Waals surface area contributed by atoms with E-state index in [1.165, 1.54) is 11.7 Å². The first-order valence-electron chi connectivity index (χ1n) is 7.66. The molecule has 138 valence electrons. The van der Waals surface area contributed by atoms with E-state index in [1.807, 2.05) is 5.32 Å². The summed E-state index contributed by atoms with van der Waals surface area (Å²) in [6.45, 7) is 1.60. The van der Waals surface area contributed by atoms with Crippen molar-refractivity contribution in [3.05, 3.63) is 34.6 Å². The first-order valence-corrected chi connectivity index (χ1v) is 8.54. The van der Waals surface area contributed by atoms with E-state index >= 15 is 0 Å². The molecule has 0 fully saturated rings. The molecule has 3 amide bonds. The summed E-state index contributed by atoms with van der Waals surface area (Å²) in [7, 11) is 1.26. The largest absolute Gasteiger partial charge is 0.469 e. The predicted molar refractivity (Wildman–Crippen MR) is 95.7 cm³/mol. The van der Waals surface area contributed by atoms with Gasteiger partial charge in [0.2, 0.25) is 5.91 Å². The Hall–Kier alpha value is -2.88. The number of thioether (sulfide) groups is 1. The average molecular weight is 378 g/mol. The molecule has 1 aromatic carbocycles. The van der Waals surface area contributed by atoms with Crippen molar-refractivity contribution in [2.24, 2.45) is 5.73 Å². The molecule has 0 radical (unpaired) electrons. The molecule has 10 heteroatoms. The molecule has 2 aromatic rings. The van der Waals surface area contributed by atoms with Gasteiger partial charge >= 0.3 is 12.0 Å². The number of nitrogens with one attached hydrogen (secondary N) is 1. The maximum atomic E-state index is 12.8. The number of carbonyl (C=O) groups is 3. The maximum absolute atomic E-state index is 12.8. The van der Waals surface area contributed by atoms with Crippen molar-refractivity contribution < 1.29 is 19.1 Å². The van der Waals surface area contributed by atoms with Crippen molar-refractivity contribution >= 4 is 40.6 Å². The van der Waals surface area contributed by atoms with Crippen LogP contribution in [-0.4, -0.2) is 39.8 Å². The number of fused-ring (bicyclic) bond motifs is 1. The number of benzene rings is 1. The van der Waals surface area contributed by atoms with E-state index in [1.54, 1.807) is 31.2 Å². The standard InChI is InChI=1S/C16H18N4O5S/c1-9(13(22)19-15(17)24)26-16-18-11-6-4-3-5-10(11)14(23)20(16)8-7-12(21)25-2/h3-6,9H,7-8H2,1-2H3,(H3,17,19,22,24)/t9-/m0/s1. The number of primary amides is 1. The molecule has 2 rings (SSSR count). The van der Waals surface area contributed by atoms with Crippen LogP contribution in [0, 0.1) is 0 Å². The minimum absolute atomic E-state index is 0.0220. The summed E-state index contributed by atoms with van der Waals surface area (Å²) in [6.07, 6.45) is -0.0220. The van der Waals surface area contributed by atoms with Gasteiger partial charge in [-0.1, -0.05) is 23.9 Å². The number of nitrogens with zero attached hydrogens (tertiary/aromatic N) is 2. The van der Waals surface area contributed by atoms with Crippen molar-refractivity contribution in [2.75, 3.05) is 7.11 Å². The van der Waals surface area contributed by atoms with Crippen LogP contribution in [0.2, 0.25) is 0 Å². The third-order valence-electron chi connectivity index (χ3n) is 3.49. The van der Waals surface area contributed by atoms with E-state index in [-0.39, 0.29) is 23.7 Å². The summed E-state index contributed by atoms with van der Waals surface area (Å²) in [5.74, 6) is -1.08. The van der Waals surface area contributed by atoms with Crippen LogP contribution in [0.1, 0.15) is 13.3 Å². The normalized spacial score (nSPS) is 11.8. The zero-order chi connectivity index (χ0) is 19.3. The molecule has 0 saturated heterocycles. The number of esters is 1. The number of aromatic nitrogens is 2. The van der Waals surface area contributed by atoms with Gasteiger partial charge in [-0.05, 0) is 19.1 Å². The molecular weight excluding hydrogens is 360 g/mol.